The van der Waals surface area contributed by atoms with Crippen LogP contribution >= 0.6 is 0 Å². The van der Waals surface area contributed by atoms with E-state index in [2.05, 4.69) is 10.6 Å². The maximum absolute atomic E-state index is 11.9. The second kappa shape index (κ2) is 7.87. The molecule has 0 unspecified atom stereocenters. The van der Waals surface area contributed by atoms with Crippen molar-refractivity contribution in [3.63, 3.8) is 0 Å². The zero-order valence-electron chi connectivity index (χ0n) is 11.9. The van der Waals surface area contributed by atoms with Crippen LogP contribution in [-0.2, 0) is 16.1 Å². The first kappa shape index (κ1) is 14.8. The van der Waals surface area contributed by atoms with Crippen molar-refractivity contribution in [2.75, 3.05) is 31.7 Å². The Bertz CT molecular complexity index is 431. The summed E-state index contributed by atoms with van der Waals surface area (Å²) in [6.45, 7) is 5.30. The zero-order valence-corrected chi connectivity index (χ0v) is 11.9. The van der Waals surface area contributed by atoms with Gasteiger partial charge in [0.2, 0.25) is 0 Å². The number of carbonyl (C=O) groups is 1. The summed E-state index contributed by atoms with van der Waals surface area (Å²) in [5.74, 6) is 0.430. The van der Waals surface area contributed by atoms with Crippen molar-refractivity contribution in [2.24, 2.45) is 5.92 Å². The SMILES string of the molecule is CCOCc1ccccc1NC(=O)NC[C@@H]1CCOC1. The Hall–Kier alpha value is -1.59. The Labute approximate surface area is 119 Å². The van der Waals surface area contributed by atoms with E-state index in [4.69, 9.17) is 9.47 Å². The molecule has 0 radical (unpaired) electrons. The molecule has 1 saturated heterocycles. The summed E-state index contributed by atoms with van der Waals surface area (Å²) < 4.78 is 10.7. The number of urea groups is 1. The van der Waals surface area contributed by atoms with Crippen LogP contribution < -0.4 is 10.6 Å². The van der Waals surface area contributed by atoms with Gasteiger partial charge in [-0.05, 0) is 19.4 Å². The third-order valence-electron chi connectivity index (χ3n) is 3.30. The van der Waals surface area contributed by atoms with Crippen molar-refractivity contribution in [1.29, 1.82) is 0 Å². The van der Waals surface area contributed by atoms with Gasteiger partial charge in [-0.1, -0.05) is 18.2 Å². The molecule has 5 heteroatoms. The standard InChI is InChI=1S/C15H22N2O3/c1-2-19-11-13-5-3-4-6-14(13)17-15(18)16-9-12-7-8-20-10-12/h3-6,12H,2,7-11H2,1H3,(H2,16,17,18)/t12-/m0/s1. The lowest BCUT2D eigenvalue weighted by Crippen LogP contribution is -2.33. The minimum absolute atomic E-state index is 0.180. The molecule has 1 aliphatic rings. The Morgan fingerprint density at radius 3 is 3.05 bits per heavy atom. The number of nitrogens with one attached hydrogen (secondary N) is 2. The fraction of sp³-hybridized carbons (Fsp3) is 0.533. The average Bonchev–Trinajstić information content (AvgIpc) is 2.97. The summed E-state index contributed by atoms with van der Waals surface area (Å²) in [5, 5.41) is 5.76. The van der Waals surface area contributed by atoms with Gasteiger partial charge in [-0.25, -0.2) is 4.79 Å². The summed E-state index contributed by atoms with van der Waals surface area (Å²) in [4.78, 5) is 11.9. The van der Waals surface area contributed by atoms with Crippen molar-refractivity contribution in [2.45, 2.75) is 20.0 Å². The minimum Gasteiger partial charge on any atom is -0.381 e. The van der Waals surface area contributed by atoms with Crippen LogP contribution in [0.4, 0.5) is 10.5 Å². The van der Waals surface area contributed by atoms with Crippen LogP contribution in [-0.4, -0.2) is 32.4 Å². The van der Waals surface area contributed by atoms with Crippen LogP contribution in [0.2, 0.25) is 0 Å². The number of benzene rings is 1. The molecular formula is C15H22N2O3. The van der Waals surface area contributed by atoms with Gasteiger partial charge in [0.1, 0.15) is 0 Å². The van der Waals surface area contributed by atoms with Crippen molar-refractivity contribution < 1.29 is 14.3 Å². The molecule has 1 aromatic carbocycles. The van der Waals surface area contributed by atoms with E-state index in [0.29, 0.717) is 25.7 Å². The second-order valence-electron chi connectivity index (χ2n) is 4.86. The summed E-state index contributed by atoms with van der Waals surface area (Å²) in [7, 11) is 0. The molecule has 1 aliphatic heterocycles. The molecule has 5 nitrogen and oxygen atoms in total. The molecule has 2 amide bonds. The quantitative estimate of drug-likeness (QED) is 0.840. The Balaban J connectivity index is 1.83. The van der Waals surface area contributed by atoms with Crippen molar-refractivity contribution in [1.82, 2.24) is 5.32 Å². The third kappa shape index (κ3) is 4.51. The van der Waals surface area contributed by atoms with E-state index in [-0.39, 0.29) is 6.03 Å². The highest BCUT2D eigenvalue weighted by Crippen LogP contribution is 2.16. The molecule has 1 heterocycles. The highest BCUT2D eigenvalue weighted by Gasteiger charge is 2.16. The molecule has 1 fully saturated rings. The van der Waals surface area contributed by atoms with E-state index in [1.165, 1.54) is 0 Å². The van der Waals surface area contributed by atoms with Crippen LogP contribution in [0.5, 0.6) is 0 Å². The second-order valence-corrected chi connectivity index (χ2v) is 4.86. The van der Waals surface area contributed by atoms with E-state index < -0.39 is 0 Å². The number of amides is 2. The Morgan fingerprint density at radius 2 is 2.30 bits per heavy atom. The first-order valence-corrected chi connectivity index (χ1v) is 7.08. The number of ether oxygens (including phenoxy) is 2. The number of para-hydroxylation sites is 1. The van der Waals surface area contributed by atoms with Gasteiger partial charge < -0.3 is 20.1 Å². The minimum atomic E-state index is -0.180. The fourth-order valence-electron chi connectivity index (χ4n) is 2.13. The van der Waals surface area contributed by atoms with E-state index in [0.717, 1.165) is 30.9 Å². The maximum Gasteiger partial charge on any atom is 0.319 e. The zero-order chi connectivity index (χ0) is 14.2. The van der Waals surface area contributed by atoms with Gasteiger partial charge in [0.15, 0.2) is 0 Å². The van der Waals surface area contributed by atoms with Gasteiger partial charge in [-0.15, -0.1) is 0 Å². The molecular weight excluding hydrogens is 256 g/mol. The van der Waals surface area contributed by atoms with Gasteiger partial charge in [-0.2, -0.15) is 0 Å². The summed E-state index contributed by atoms with van der Waals surface area (Å²) in [6.07, 6.45) is 1.02. The van der Waals surface area contributed by atoms with Crippen LogP contribution in [0, 0.1) is 5.92 Å². The number of carbonyl (C=O) groups excluding carboxylic acids is 1. The van der Waals surface area contributed by atoms with Crippen LogP contribution in [0.25, 0.3) is 0 Å². The van der Waals surface area contributed by atoms with Crippen molar-refractivity contribution in [3.8, 4) is 0 Å². The van der Waals surface area contributed by atoms with Crippen molar-refractivity contribution >= 4 is 11.7 Å². The lowest BCUT2D eigenvalue weighted by molar-refractivity contribution is 0.134. The van der Waals surface area contributed by atoms with Gasteiger partial charge >= 0.3 is 6.03 Å². The summed E-state index contributed by atoms with van der Waals surface area (Å²) in [5.41, 5.74) is 1.77. The molecule has 110 valence electrons. The monoisotopic (exact) mass is 278 g/mol. The molecule has 1 aromatic rings. The smallest absolute Gasteiger partial charge is 0.319 e. The molecule has 0 aliphatic carbocycles. The van der Waals surface area contributed by atoms with Gasteiger partial charge in [0.25, 0.3) is 0 Å². The average molecular weight is 278 g/mol. The Morgan fingerprint density at radius 1 is 1.45 bits per heavy atom. The molecule has 0 aromatic heterocycles. The topological polar surface area (TPSA) is 59.6 Å². The molecule has 0 saturated carbocycles. The van der Waals surface area contributed by atoms with E-state index in [9.17, 15) is 4.79 Å². The summed E-state index contributed by atoms with van der Waals surface area (Å²) >= 11 is 0. The predicted octanol–water partition coefficient (Wildman–Crippen LogP) is 2.38. The molecule has 1 atom stereocenters. The predicted molar refractivity (Wildman–Crippen MR) is 77.7 cm³/mol. The van der Waals surface area contributed by atoms with Gasteiger partial charge in [0, 0.05) is 36.9 Å². The molecule has 0 spiro atoms. The number of hydrogen-bond acceptors (Lipinski definition) is 3. The van der Waals surface area contributed by atoms with E-state index in [1.807, 2.05) is 31.2 Å². The molecule has 20 heavy (non-hydrogen) atoms. The molecule has 2 rings (SSSR count). The van der Waals surface area contributed by atoms with Crippen LogP contribution in [0.15, 0.2) is 24.3 Å². The molecule has 0 bridgehead atoms. The first-order valence-electron chi connectivity index (χ1n) is 7.08. The normalized spacial score (nSPS) is 17.9. The van der Waals surface area contributed by atoms with Crippen LogP contribution in [0.1, 0.15) is 18.9 Å². The highest BCUT2D eigenvalue weighted by molar-refractivity contribution is 5.90. The maximum atomic E-state index is 11.9. The first-order chi connectivity index (χ1) is 9.79. The van der Waals surface area contributed by atoms with E-state index >= 15 is 0 Å². The third-order valence-corrected chi connectivity index (χ3v) is 3.30. The molecule has 2 N–H and O–H groups in total. The Kier molecular flexibility index (Phi) is 5.83. The van der Waals surface area contributed by atoms with Crippen molar-refractivity contribution in [3.05, 3.63) is 29.8 Å². The lowest BCUT2D eigenvalue weighted by Gasteiger charge is -2.13. The number of anilines is 1. The number of hydrogen-bond donors (Lipinski definition) is 2. The largest absolute Gasteiger partial charge is 0.381 e. The highest BCUT2D eigenvalue weighted by atomic mass is 16.5. The van der Waals surface area contributed by atoms with Gasteiger partial charge in [-0.3, -0.25) is 0 Å². The number of rotatable bonds is 6. The summed E-state index contributed by atoms with van der Waals surface area (Å²) in [6, 6.07) is 7.49. The van der Waals surface area contributed by atoms with Gasteiger partial charge in [0.05, 0.1) is 13.2 Å². The van der Waals surface area contributed by atoms with Crippen LogP contribution in [0.3, 0.4) is 0 Å². The fourth-order valence-corrected chi connectivity index (χ4v) is 2.13. The lowest BCUT2D eigenvalue weighted by atomic mass is 10.1. The van der Waals surface area contributed by atoms with E-state index in [1.54, 1.807) is 0 Å².